The van der Waals surface area contributed by atoms with Crippen LogP contribution in [0.5, 0.6) is 0 Å². The van der Waals surface area contributed by atoms with Crippen LogP contribution in [0.4, 0.5) is 17.3 Å². The van der Waals surface area contributed by atoms with Gasteiger partial charge in [-0.1, -0.05) is 33.6 Å². The van der Waals surface area contributed by atoms with Crippen LogP contribution in [0.2, 0.25) is 0 Å². The van der Waals surface area contributed by atoms with Gasteiger partial charge in [0.1, 0.15) is 12.2 Å². The molecule has 2 N–H and O–H groups in total. The number of aromatic nitrogens is 6. The summed E-state index contributed by atoms with van der Waals surface area (Å²) in [7, 11) is 1.93. The lowest BCUT2D eigenvalue weighted by molar-refractivity contribution is -0.116. The van der Waals surface area contributed by atoms with Crippen LogP contribution in [0, 0.1) is 5.92 Å². The Bertz CT molecular complexity index is 1130. The lowest BCUT2D eigenvalue weighted by atomic mass is 10.1. The predicted molar refractivity (Wildman–Crippen MR) is 127 cm³/mol. The fourth-order valence-corrected chi connectivity index (χ4v) is 3.11. The Balaban J connectivity index is 0.000000427. The van der Waals surface area contributed by atoms with Crippen molar-refractivity contribution in [3.8, 4) is 0 Å². The molecule has 4 rings (SSSR count). The van der Waals surface area contributed by atoms with Gasteiger partial charge in [0.2, 0.25) is 11.9 Å². The molecule has 0 bridgehead atoms. The summed E-state index contributed by atoms with van der Waals surface area (Å²) in [6.45, 7) is 6.83. The average molecular weight is 435 g/mol. The summed E-state index contributed by atoms with van der Waals surface area (Å²) < 4.78 is 3.47. The second kappa shape index (κ2) is 11.0. The highest BCUT2D eigenvalue weighted by atomic mass is 16.2. The third-order valence-corrected chi connectivity index (χ3v) is 4.63. The van der Waals surface area contributed by atoms with Crippen molar-refractivity contribution >= 4 is 34.3 Å². The standard InChI is InChI=1S/C17H16N8O.C6H14/c1-24-7-4-12-8-19-17(23-16(12)24)22-14-9-20-25(10-14)11-15(26)21-13-2-5-18-6-3-13;1-4-5-6(2)3/h2-10H,11H2,1H3,(H,18,21,26)(H,19,22,23);6H,4-5H2,1-3H3. The zero-order valence-electron chi connectivity index (χ0n) is 19.0. The van der Waals surface area contributed by atoms with Gasteiger partial charge in [0, 0.05) is 49.1 Å². The highest BCUT2D eigenvalue weighted by molar-refractivity contribution is 5.90. The van der Waals surface area contributed by atoms with Crippen molar-refractivity contribution in [3.63, 3.8) is 0 Å². The summed E-state index contributed by atoms with van der Waals surface area (Å²) in [4.78, 5) is 24.7. The number of hydrogen-bond donors (Lipinski definition) is 2. The molecule has 0 atom stereocenters. The zero-order chi connectivity index (χ0) is 22.9. The van der Waals surface area contributed by atoms with Crippen LogP contribution in [-0.2, 0) is 18.4 Å². The molecule has 9 nitrogen and oxygen atoms in total. The van der Waals surface area contributed by atoms with Crippen LogP contribution in [0.15, 0.2) is 55.4 Å². The largest absolute Gasteiger partial charge is 0.335 e. The molecular formula is C23H30N8O. The molecule has 32 heavy (non-hydrogen) atoms. The molecule has 0 fully saturated rings. The highest BCUT2D eigenvalue weighted by Gasteiger charge is 2.08. The first kappa shape index (κ1) is 22.9. The number of amides is 1. The van der Waals surface area contributed by atoms with E-state index in [4.69, 9.17) is 0 Å². The summed E-state index contributed by atoms with van der Waals surface area (Å²) in [5.74, 6) is 1.20. The van der Waals surface area contributed by atoms with Crippen molar-refractivity contribution in [3.05, 3.63) is 55.4 Å². The van der Waals surface area contributed by atoms with Crippen LogP contribution in [0.3, 0.4) is 0 Å². The molecule has 0 radical (unpaired) electrons. The van der Waals surface area contributed by atoms with E-state index in [9.17, 15) is 4.79 Å². The van der Waals surface area contributed by atoms with Gasteiger partial charge in [-0.15, -0.1) is 0 Å². The lowest BCUT2D eigenvalue weighted by Gasteiger charge is -2.05. The smallest absolute Gasteiger partial charge is 0.246 e. The SMILES string of the molecule is CCCC(C)C.Cn1ccc2cnc(Nc3cnn(CC(=O)Nc4ccncc4)c3)nc21. The van der Waals surface area contributed by atoms with Gasteiger partial charge in [-0.3, -0.25) is 14.5 Å². The Labute approximate surface area is 187 Å². The first-order chi connectivity index (χ1) is 15.4. The van der Waals surface area contributed by atoms with Crippen molar-refractivity contribution in [1.82, 2.24) is 29.3 Å². The molecule has 0 aliphatic carbocycles. The van der Waals surface area contributed by atoms with E-state index in [2.05, 4.69) is 51.5 Å². The molecule has 4 heterocycles. The number of fused-ring (bicyclic) bond motifs is 1. The Hall–Kier alpha value is -3.75. The van der Waals surface area contributed by atoms with Gasteiger partial charge in [-0.05, 0) is 24.1 Å². The van der Waals surface area contributed by atoms with Crippen molar-refractivity contribution in [2.75, 3.05) is 10.6 Å². The normalized spacial score (nSPS) is 10.7. The van der Waals surface area contributed by atoms with Crippen LogP contribution in [0.1, 0.15) is 33.6 Å². The average Bonchev–Trinajstić information content (AvgIpc) is 3.35. The number of carbonyl (C=O) groups is 1. The number of hydrogen-bond acceptors (Lipinski definition) is 6. The Morgan fingerprint density at radius 2 is 1.91 bits per heavy atom. The molecular weight excluding hydrogens is 404 g/mol. The Kier molecular flexibility index (Phi) is 7.91. The molecule has 0 aromatic carbocycles. The Morgan fingerprint density at radius 3 is 2.59 bits per heavy atom. The van der Waals surface area contributed by atoms with Crippen molar-refractivity contribution < 1.29 is 4.79 Å². The maximum absolute atomic E-state index is 12.1. The van der Waals surface area contributed by atoms with Gasteiger partial charge in [-0.2, -0.15) is 10.1 Å². The van der Waals surface area contributed by atoms with Crippen LogP contribution >= 0.6 is 0 Å². The minimum Gasteiger partial charge on any atom is -0.335 e. The second-order valence-corrected chi connectivity index (χ2v) is 7.92. The van der Waals surface area contributed by atoms with Gasteiger partial charge in [0.05, 0.1) is 11.9 Å². The molecule has 0 spiro atoms. The first-order valence-corrected chi connectivity index (χ1v) is 10.7. The van der Waals surface area contributed by atoms with E-state index in [1.54, 1.807) is 47.8 Å². The third kappa shape index (κ3) is 6.63. The van der Waals surface area contributed by atoms with Gasteiger partial charge in [0.25, 0.3) is 0 Å². The monoisotopic (exact) mass is 434 g/mol. The molecule has 4 aromatic rings. The molecule has 0 saturated carbocycles. The van der Waals surface area contributed by atoms with E-state index in [-0.39, 0.29) is 12.5 Å². The fraction of sp³-hybridized carbons (Fsp3) is 0.348. The molecule has 4 aromatic heterocycles. The summed E-state index contributed by atoms with van der Waals surface area (Å²) in [5, 5.41) is 11.0. The molecule has 0 aliphatic heterocycles. The number of carbonyl (C=O) groups excluding carboxylic acids is 1. The van der Waals surface area contributed by atoms with Crippen molar-refractivity contribution in [2.45, 2.75) is 40.2 Å². The summed E-state index contributed by atoms with van der Waals surface area (Å²) in [6, 6.07) is 5.41. The van der Waals surface area contributed by atoms with Gasteiger partial charge < -0.3 is 15.2 Å². The minimum atomic E-state index is -0.174. The molecule has 168 valence electrons. The molecule has 0 aliphatic rings. The van der Waals surface area contributed by atoms with Crippen LogP contribution in [0.25, 0.3) is 11.0 Å². The zero-order valence-corrected chi connectivity index (χ0v) is 19.0. The first-order valence-electron chi connectivity index (χ1n) is 10.7. The lowest BCUT2D eigenvalue weighted by Crippen LogP contribution is -2.18. The minimum absolute atomic E-state index is 0.0989. The quantitative estimate of drug-likeness (QED) is 0.447. The van der Waals surface area contributed by atoms with Crippen molar-refractivity contribution in [1.29, 1.82) is 0 Å². The van der Waals surface area contributed by atoms with Crippen molar-refractivity contribution in [2.24, 2.45) is 13.0 Å². The second-order valence-electron chi connectivity index (χ2n) is 7.92. The number of nitrogens with zero attached hydrogens (tertiary/aromatic N) is 6. The van der Waals surface area contributed by atoms with E-state index < -0.39 is 0 Å². The summed E-state index contributed by atoms with van der Waals surface area (Å²) in [6.07, 6.45) is 13.0. The topological polar surface area (TPSA) is 103 Å². The number of aryl methyl sites for hydroxylation is 1. The predicted octanol–water partition coefficient (Wildman–Crippen LogP) is 4.38. The van der Waals surface area contributed by atoms with Gasteiger partial charge in [0.15, 0.2) is 0 Å². The molecule has 0 saturated heterocycles. The summed E-state index contributed by atoms with van der Waals surface area (Å²) in [5.41, 5.74) is 2.24. The van der Waals surface area contributed by atoms with Gasteiger partial charge in [-0.25, -0.2) is 4.98 Å². The van der Waals surface area contributed by atoms with E-state index >= 15 is 0 Å². The van der Waals surface area contributed by atoms with Gasteiger partial charge >= 0.3 is 0 Å². The highest BCUT2D eigenvalue weighted by Crippen LogP contribution is 2.16. The summed E-state index contributed by atoms with van der Waals surface area (Å²) >= 11 is 0. The molecule has 9 heteroatoms. The van der Waals surface area contributed by atoms with E-state index in [0.29, 0.717) is 17.3 Å². The maximum Gasteiger partial charge on any atom is 0.246 e. The van der Waals surface area contributed by atoms with E-state index in [1.807, 2.05) is 23.9 Å². The molecule has 1 amide bonds. The number of nitrogens with one attached hydrogen (secondary N) is 2. The number of pyridine rings is 1. The van der Waals surface area contributed by atoms with E-state index in [0.717, 1.165) is 17.0 Å². The van der Waals surface area contributed by atoms with E-state index in [1.165, 1.54) is 12.8 Å². The molecule has 0 unspecified atom stereocenters. The van der Waals surface area contributed by atoms with Crippen LogP contribution in [-0.4, -0.2) is 35.2 Å². The Morgan fingerprint density at radius 1 is 1.12 bits per heavy atom. The van der Waals surface area contributed by atoms with Crippen LogP contribution < -0.4 is 10.6 Å². The number of rotatable bonds is 7. The number of anilines is 3. The maximum atomic E-state index is 12.1. The fourth-order valence-electron chi connectivity index (χ4n) is 3.11. The third-order valence-electron chi connectivity index (χ3n) is 4.63.